The van der Waals surface area contributed by atoms with Crippen molar-refractivity contribution in [3.05, 3.63) is 12.2 Å². The van der Waals surface area contributed by atoms with Crippen LogP contribution in [-0.2, 0) is 15.0 Å². The summed E-state index contributed by atoms with van der Waals surface area (Å²) in [7, 11) is -4.20. The van der Waals surface area contributed by atoms with Crippen molar-refractivity contribution < 1.29 is 52.1 Å². The molecule has 0 N–H and O–H groups in total. The minimum absolute atomic E-state index is 0. The summed E-state index contributed by atoms with van der Waals surface area (Å²) in [5.74, 6) is -0.468. The molecular weight excluding hydrogens is 373 g/mol. The quantitative estimate of drug-likeness (QED) is 0.0617. The van der Waals surface area contributed by atoms with Crippen LogP contribution in [0.15, 0.2) is 12.2 Å². The summed E-state index contributed by atoms with van der Waals surface area (Å²) >= 11 is 0. The second-order valence-electron chi connectivity index (χ2n) is 6.88. The maximum Gasteiger partial charge on any atom is 1.00 e. The number of hydroxylamine groups is 1. The minimum Gasteiger partial charge on any atom is -0.748 e. The molecule has 0 heterocycles. The fraction of sp³-hybridized carbons (Fsp3) is 0.850. The molecule has 27 heavy (non-hydrogen) atoms. The maximum atomic E-state index is 10.5. The van der Waals surface area contributed by atoms with Gasteiger partial charge in [0.15, 0.2) is 13.3 Å². The third-order valence-corrected chi connectivity index (χ3v) is 4.95. The zero-order valence-electron chi connectivity index (χ0n) is 17.7. The van der Waals surface area contributed by atoms with Crippen molar-refractivity contribution in [2.45, 2.75) is 90.4 Å². The van der Waals surface area contributed by atoms with E-state index in [0.717, 1.165) is 12.8 Å². The number of rotatable bonds is 19. The van der Waals surface area contributed by atoms with Crippen molar-refractivity contribution in [2.75, 3.05) is 18.9 Å². The number of unbranched alkanes of at least 4 members (excludes halogenated alkanes) is 11. The molecule has 0 rings (SSSR count). The SMILES string of the molecule is C=[N+](CCS(=O)(=O)[O-])OCCCCCCCC/C=C\CCCCCCC.[Na+]. The van der Waals surface area contributed by atoms with Gasteiger partial charge >= 0.3 is 29.6 Å². The van der Waals surface area contributed by atoms with Crippen LogP contribution < -0.4 is 29.6 Å². The van der Waals surface area contributed by atoms with Crippen LogP contribution in [0.4, 0.5) is 0 Å². The molecule has 0 bridgehead atoms. The molecule has 0 spiro atoms. The first kappa shape index (κ1) is 29.3. The van der Waals surface area contributed by atoms with Crippen LogP contribution in [0.3, 0.4) is 0 Å². The molecule has 0 amide bonds. The molecule has 5 nitrogen and oxygen atoms in total. The van der Waals surface area contributed by atoms with Gasteiger partial charge in [0.05, 0.1) is 0 Å². The van der Waals surface area contributed by atoms with Crippen molar-refractivity contribution in [1.29, 1.82) is 0 Å². The average molecular weight is 413 g/mol. The molecule has 0 aliphatic heterocycles. The normalized spacial score (nSPS) is 11.5. The van der Waals surface area contributed by atoms with Crippen molar-refractivity contribution in [1.82, 2.24) is 0 Å². The van der Waals surface area contributed by atoms with Crippen molar-refractivity contribution >= 4 is 16.8 Å². The summed E-state index contributed by atoms with van der Waals surface area (Å²) in [6.07, 6.45) is 20.8. The van der Waals surface area contributed by atoms with E-state index < -0.39 is 15.9 Å². The van der Waals surface area contributed by atoms with Crippen LogP contribution in [0.1, 0.15) is 90.4 Å². The summed E-state index contributed by atoms with van der Waals surface area (Å²) in [6, 6.07) is 0. The standard InChI is InChI=1S/C20H39NO4S.Na/c1-3-4-5-6-7-8-9-10-11-12-13-14-15-16-17-19-25-21(2)18-20-26(22,23)24;/h9-10H,2-8,11-20H2,1H3;/q;+1/b10-9-;. The molecule has 0 aromatic rings. The molecule has 0 atom stereocenters. The van der Waals surface area contributed by atoms with E-state index in [9.17, 15) is 13.0 Å². The van der Waals surface area contributed by atoms with E-state index in [-0.39, 0.29) is 36.1 Å². The smallest absolute Gasteiger partial charge is 0.748 e. The van der Waals surface area contributed by atoms with Gasteiger partial charge in [-0.1, -0.05) is 64.0 Å². The largest absolute Gasteiger partial charge is 1.00 e. The van der Waals surface area contributed by atoms with Crippen LogP contribution >= 0.6 is 0 Å². The summed E-state index contributed by atoms with van der Waals surface area (Å²) in [5, 5.41) is 0. The first-order valence-corrected chi connectivity index (χ1v) is 11.8. The molecule has 0 aliphatic carbocycles. The molecule has 0 fully saturated rings. The number of allylic oxidation sites excluding steroid dienone is 2. The Kier molecular flexibility index (Phi) is 22.6. The molecule has 0 unspecified atom stereocenters. The second kappa shape index (κ2) is 20.8. The molecule has 7 heteroatoms. The zero-order chi connectivity index (χ0) is 19.5. The molecule has 0 aromatic heterocycles. The Morgan fingerprint density at radius 1 is 0.889 bits per heavy atom. The Bertz CT molecular complexity index is 467. The van der Waals surface area contributed by atoms with Gasteiger partial charge in [0.2, 0.25) is 6.54 Å². The van der Waals surface area contributed by atoms with E-state index in [2.05, 4.69) is 25.8 Å². The Hall–Kier alpha value is 0.120. The summed E-state index contributed by atoms with van der Waals surface area (Å²) in [6.45, 7) is 6.33. The third kappa shape index (κ3) is 26.1. The number of hydrogen-bond acceptors (Lipinski definition) is 4. The monoisotopic (exact) mass is 412 g/mol. The molecule has 154 valence electrons. The summed E-state index contributed by atoms with van der Waals surface area (Å²) < 4.78 is 32.7. The van der Waals surface area contributed by atoms with Crippen molar-refractivity contribution in [3.63, 3.8) is 0 Å². The average Bonchev–Trinajstić information content (AvgIpc) is 2.59. The maximum absolute atomic E-state index is 10.5. The molecule has 0 radical (unpaired) electrons. The molecular formula is C20H39NNaO4S+. The molecule has 0 saturated heterocycles. The fourth-order valence-corrected chi connectivity index (χ4v) is 3.07. The van der Waals surface area contributed by atoms with Gasteiger partial charge in [-0.25, -0.2) is 8.42 Å². The van der Waals surface area contributed by atoms with Gasteiger partial charge in [0.25, 0.3) is 0 Å². The summed E-state index contributed by atoms with van der Waals surface area (Å²) in [4.78, 5) is 5.26. The van der Waals surface area contributed by atoms with Gasteiger partial charge < -0.3 is 4.55 Å². The second-order valence-corrected chi connectivity index (χ2v) is 8.41. The predicted octanol–water partition coefficient (Wildman–Crippen LogP) is 1.83. The van der Waals surface area contributed by atoms with Gasteiger partial charge in [-0.05, 0) is 43.3 Å². The van der Waals surface area contributed by atoms with Gasteiger partial charge in [0, 0.05) is 0 Å². The van der Waals surface area contributed by atoms with E-state index in [1.807, 2.05) is 0 Å². The molecule has 0 aliphatic rings. The first-order valence-electron chi connectivity index (χ1n) is 10.2. The number of nitrogens with zero attached hydrogens (tertiary/aromatic N) is 1. The van der Waals surface area contributed by atoms with Crippen LogP contribution in [0, 0.1) is 0 Å². The third-order valence-electron chi connectivity index (χ3n) is 4.27. The van der Waals surface area contributed by atoms with Gasteiger partial charge in [0.1, 0.15) is 15.9 Å². The van der Waals surface area contributed by atoms with E-state index in [1.54, 1.807) is 0 Å². The van der Waals surface area contributed by atoms with Crippen LogP contribution in [-0.4, -0.2) is 43.3 Å². The Labute approximate surface area is 189 Å². The Balaban J connectivity index is 0. The van der Waals surface area contributed by atoms with Gasteiger partial charge in [-0.3, -0.25) is 4.84 Å². The van der Waals surface area contributed by atoms with Gasteiger partial charge in [-0.15, -0.1) is 0 Å². The number of hydrogen-bond donors (Lipinski definition) is 0. The molecule has 0 saturated carbocycles. The first-order chi connectivity index (χ1) is 12.5. The van der Waals surface area contributed by atoms with Crippen molar-refractivity contribution in [3.8, 4) is 0 Å². The Morgan fingerprint density at radius 3 is 1.89 bits per heavy atom. The topological polar surface area (TPSA) is 69.4 Å². The Morgan fingerprint density at radius 2 is 1.37 bits per heavy atom. The molecule has 0 aromatic carbocycles. The van der Waals surface area contributed by atoms with E-state index >= 15 is 0 Å². The van der Waals surface area contributed by atoms with Crippen LogP contribution in [0.5, 0.6) is 0 Å². The van der Waals surface area contributed by atoms with E-state index in [0.29, 0.717) is 6.61 Å². The van der Waals surface area contributed by atoms with Crippen LogP contribution in [0.25, 0.3) is 0 Å². The van der Waals surface area contributed by atoms with Crippen molar-refractivity contribution in [2.24, 2.45) is 0 Å². The van der Waals surface area contributed by atoms with E-state index in [1.165, 1.54) is 75.4 Å². The fourth-order valence-electron chi connectivity index (χ4n) is 2.64. The summed E-state index contributed by atoms with van der Waals surface area (Å²) in [5.41, 5.74) is 0. The van der Waals surface area contributed by atoms with Gasteiger partial charge in [-0.2, -0.15) is 0 Å². The van der Waals surface area contributed by atoms with E-state index in [4.69, 9.17) is 4.84 Å². The predicted molar refractivity (Wildman–Crippen MR) is 108 cm³/mol. The zero-order valence-corrected chi connectivity index (χ0v) is 20.5. The minimum atomic E-state index is -4.20. The van der Waals surface area contributed by atoms with Crippen LogP contribution in [0.2, 0.25) is 0 Å².